The Kier molecular flexibility index (Phi) is 5.42. The number of rotatable bonds is 5. The number of nitrogens with zero attached hydrogens (tertiary/aromatic N) is 4. The Labute approximate surface area is 187 Å². The van der Waals surface area contributed by atoms with Gasteiger partial charge in [-0.25, -0.2) is 4.39 Å². The van der Waals surface area contributed by atoms with Gasteiger partial charge in [-0.3, -0.25) is 14.5 Å². The molecule has 32 heavy (non-hydrogen) atoms. The number of halogens is 1. The topological polar surface area (TPSA) is 93.7 Å². The maximum absolute atomic E-state index is 13.6. The summed E-state index contributed by atoms with van der Waals surface area (Å²) < 4.78 is 13.6. The standard InChI is InChI=1S/C24H30FN5O2/c25-17-7-5-16(6-8-17)24(9-1-2-10-24)30-19-12-21(23(30)32)28(14-19)15-20(27)22(31)29-11-3-4-18(29)13-26/h5-8,18-21H,1-4,9-12,14-15,27H2/t18-,19?,20-,21-/m0/s1. The maximum atomic E-state index is 13.6. The molecule has 0 spiro atoms. The number of fused-ring (bicyclic) bond motifs is 2. The van der Waals surface area contributed by atoms with Crippen LogP contribution < -0.4 is 5.73 Å². The third-order valence-corrected chi connectivity index (χ3v) is 7.98. The lowest BCUT2D eigenvalue weighted by Gasteiger charge is -2.46. The highest BCUT2D eigenvalue weighted by Gasteiger charge is 2.57. The zero-order chi connectivity index (χ0) is 22.5. The summed E-state index contributed by atoms with van der Waals surface area (Å²) in [5.41, 5.74) is 6.92. The van der Waals surface area contributed by atoms with Gasteiger partial charge in [0.25, 0.3) is 0 Å². The number of carbonyl (C=O) groups is 2. The second kappa shape index (κ2) is 8.13. The van der Waals surface area contributed by atoms with Crippen molar-refractivity contribution in [2.45, 2.75) is 74.7 Å². The molecule has 1 aliphatic carbocycles. The van der Waals surface area contributed by atoms with E-state index in [4.69, 9.17) is 5.73 Å². The van der Waals surface area contributed by atoms with Gasteiger partial charge in [0.1, 0.15) is 11.9 Å². The number of hydrogen-bond donors (Lipinski definition) is 1. The summed E-state index contributed by atoms with van der Waals surface area (Å²) in [7, 11) is 0. The molecular weight excluding hydrogens is 409 g/mol. The van der Waals surface area contributed by atoms with Crippen LogP contribution in [0.4, 0.5) is 4.39 Å². The van der Waals surface area contributed by atoms with E-state index < -0.39 is 12.1 Å². The average Bonchev–Trinajstić information content (AvgIpc) is 3.57. The van der Waals surface area contributed by atoms with Crippen LogP contribution >= 0.6 is 0 Å². The number of benzene rings is 1. The van der Waals surface area contributed by atoms with Crippen LogP contribution in [-0.2, 0) is 15.1 Å². The van der Waals surface area contributed by atoms with Crippen molar-refractivity contribution in [2.24, 2.45) is 5.73 Å². The highest BCUT2D eigenvalue weighted by atomic mass is 19.1. The number of piperazine rings is 1. The van der Waals surface area contributed by atoms with E-state index in [0.29, 0.717) is 26.1 Å². The highest BCUT2D eigenvalue weighted by molar-refractivity contribution is 5.87. The Bertz CT molecular complexity index is 939. The largest absolute Gasteiger partial charge is 0.327 e. The van der Waals surface area contributed by atoms with Crippen LogP contribution in [0.15, 0.2) is 24.3 Å². The van der Waals surface area contributed by atoms with Crippen LogP contribution in [-0.4, -0.2) is 70.3 Å². The molecule has 4 atom stereocenters. The van der Waals surface area contributed by atoms with Crippen LogP contribution in [0.25, 0.3) is 0 Å². The van der Waals surface area contributed by atoms with Crippen molar-refractivity contribution >= 4 is 11.8 Å². The van der Waals surface area contributed by atoms with Crippen molar-refractivity contribution in [3.05, 3.63) is 35.6 Å². The lowest BCUT2D eigenvalue weighted by molar-refractivity contribution is -0.145. The predicted octanol–water partition coefficient (Wildman–Crippen LogP) is 1.72. The summed E-state index contributed by atoms with van der Waals surface area (Å²) in [5.74, 6) is -0.361. The van der Waals surface area contributed by atoms with Crippen LogP contribution in [0.5, 0.6) is 0 Å². The normalized spacial score (nSPS) is 30.2. The summed E-state index contributed by atoms with van der Waals surface area (Å²) >= 11 is 0. The molecule has 7 nitrogen and oxygen atoms in total. The lowest BCUT2D eigenvalue weighted by atomic mass is 9.85. The van der Waals surface area contributed by atoms with E-state index in [1.807, 2.05) is 12.1 Å². The van der Waals surface area contributed by atoms with Crippen LogP contribution in [0.2, 0.25) is 0 Å². The molecule has 2 bridgehead atoms. The monoisotopic (exact) mass is 439 g/mol. The van der Waals surface area contributed by atoms with Gasteiger partial charge in [0.15, 0.2) is 0 Å². The molecule has 1 aromatic rings. The van der Waals surface area contributed by atoms with Gasteiger partial charge in [-0.1, -0.05) is 25.0 Å². The summed E-state index contributed by atoms with van der Waals surface area (Å²) in [6.07, 6.45) is 6.17. The predicted molar refractivity (Wildman–Crippen MR) is 115 cm³/mol. The highest BCUT2D eigenvalue weighted by Crippen LogP contribution is 2.49. The summed E-state index contributed by atoms with van der Waals surface area (Å²) in [5, 5.41) is 9.27. The molecule has 170 valence electrons. The minimum Gasteiger partial charge on any atom is -0.327 e. The van der Waals surface area contributed by atoms with Crippen molar-refractivity contribution in [2.75, 3.05) is 19.6 Å². The number of nitrogens with two attached hydrogens (primary N) is 1. The van der Waals surface area contributed by atoms with Gasteiger partial charge in [-0.15, -0.1) is 0 Å². The first kappa shape index (κ1) is 21.4. The van der Waals surface area contributed by atoms with Gasteiger partial charge in [0.05, 0.1) is 23.7 Å². The maximum Gasteiger partial charge on any atom is 0.241 e. The van der Waals surface area contributed by atoms with Crippen LogP contribution in [0.3, 0.4) is 0 Å². The van der Waals surface area contributed by atoms with E-state index in [-0.39, 0.29) is 35.3 Å². The molecule has 1 saturated carbocycles. The molecule has 4 aliphatic rings. The Morgan fingerprint density at radius 2 is 1.97 bits per heavy atom. The van der Waals surface area contributed by atoms with Gasteiger partial charge in [-0.05, 0) is 49.8 Å². The first-order chi connectivity index (χ1) is 15.4. The van der Waals surface area contributed by atoms with Gasteiger partial charge >= 0.3 is 0 Å². The molecule has 3 aliphatic heterocycles. The molecule has 4 fully saturated rings. The summed E-state index contributed by atoms with van der Waals surface area (Å²) in [6.45, 7) is 1.60. The second-order valence-corrected chi connectivity index (χ2v) is 9.74. The van der Waals surface area contributed by atoms with Crippen molar-refractivity contribution in [1.29, 1.82) is 5.26 Å². The molecule has 1 unspecified atom stereocenters. The molecule has 3 saturated heterocycles. The van der Waals surface area contributed by atoms with Crippen molar-refractivity contribution < 1.29 is 14.0 Å². The number of carbonyl (C=O) groups excluding carboxylic acids is 2. The quantitative estimate of drug-likeness (QED) is 0.754. The van der Waals surface area contributed by atoms with E-state index in [1.165, 1.54) is 12.1 Å². The van der Waals surface area contributed by atoms with E-state index in [9.17, 15) is 19.2 Å². The lowest BCUT2D eigenvalue weighted by Crippen LogP contribution is -2.60. The van der Waals surface area contributed by atoms with E-state index in [1.54, 1.807) is 4.90 Å². The second-order valence-electron chi connectivity index (χ2n) is 9.74. The molecule has 8 heteroatoms. The van der Waals surface area contributed by atoms with Crippen molar-refractivity contribution in [3.8, 4) is 6.07 Å². The molecule has 5 rings (SSSR count). The van der Waals surface area contributed by atoms with E-state index in [0.717, 1.165) is 44.1 Å². The first-order valence-electron chi connectivity index (χ1n) is 11.7. The fourth-order valence-electron chi connectivity index (χ4n) is 6.52. The summed E-state index contributed by atoms with van der Waals surface area (Å²) in [4.78, 5) is 32.1. The fourth-order valence-corrected chi connectivity index (χ4v) is 6.52. The third-order valence-electron chi connectivity index (χ3n) is 7.98. The Balaban J connectivity index is 1.30. The fraction of sp³-hybridized carbons (Fsp3) is 0.625. The smallest absolute Gasteiger partial charge is 0.241 e. The Morgan fingerprint density at radius 1 is 1.25 bits per heavy atom. The van der Waals surface area contributed by atoms with Crippen LogP contribution in [0.1, 0.15) is 50.5 Å². The summed E-state index contributed by atoms with van der Waals surface area (Å²) in [6, 6.07) is 7.51. The molecule has 0 aromatic heterocycles. The Hall–Kier alpha value is -2.50. The minimum absolute atomic E-state index is 0.0802. The van der Waals surface area contributed by atoms with Crippen molar-refractivity contribution in [1.82, 2.24) is 14.7 Å². The molecule has 0 radical (unpaired) electrons. The zero-order valence-electron chi connectivity index (χ0n) is 18.3. The molecule has 2 N–H and O–H groups in total. The van der Waals surface area contributed by atoms with Crippen LogP contribution in [0, 0.1) is 17.1 Å². The molecular formula is C24H30FN5O2. The Morgan fingerprint density at radius 3 is 2.62 bits per heavy atom. The number of amides is 2. The SMILES string of the molecule is N#C[C@@H]1CCCN1C(=O)[C@@H](N)CN1CC2C[C@H]1C(=O)N2C1(c2ccc(F)cc2)CCCC1. The first-order valence-corrected chi connectivity index (χ1v) is 11.7. The van der Waals surface area contributed by atoms with E-state index >= 15 is 0 Å². The van der Waals surface area contributed by atoms with Gasteiger partial charge in [-0.2, -0.15) is 5.26 Å². The van der Waals surface area contributed by atoms with Gasteiger partial charge in [0, 0.05) is 25.7 Å². The molecule has 1 aromatic carbocycles. The zero-order valence-corrected chi connectivity index (χ0v) is 18.3. The minimum atomic E-state index is -0.734. The van der Waals surface area contributed by atoms with Crippen molar-refractivity contribution in [3.63, 3.8) is 0 Å². The van der Waals surface area contributed by atoms with Gasteiger partial charge in [0.2, 0.25) is 11.8 Å². The number of hydrogen-bond acceptors (Lipinski definition) is 5. The third kappa shape index (κ3) is 3.30. The average molecular weight is 440 g/mol. The number of nitriles is 1. The molecule has 2 amide bonds. The van der Waals surface area contributed by atoms with Gasteiger partial charge < -0.3 is 15.5 Å². The number of likely N-dealkylation sites (tertiary alicyclic amines) is 3. The molecule has 3 heterocycles. The van der Waals surface area contributed by atoms with E-state index in [2.05, 4.69) is 15.9 Å².